The molecular weight excluding hydrogens is 404 g/mol. The number of carboxylic acid groups (broad SMARTS) is 1. The van der Waals surface area contributed by atoms with E-state index in [0.717, 1.165) is 24.3 Å². The second-order valence-electron chi connectivity index (χ2n) is 7.34. The summed E-state index contributed by atoms with van der Waals surface area (Å²) in [5.41, 5.74) is 2.90. The fraction of sp³-hybridized carbons (Fsp3) is 0.391. The Kier molecular flexibility index (Phi) is 7.57. The summed E-state index contributed by atoms with van der Waals surface area (Å²) in [6.45, 7) is 4.55. The van der Waals surface area contributed by atoms with Crippen molar-refractivity contribution < 1.29 is 19.4 Å². The van der Waals surface area contributed by atoms with Crippen molar-refractivity contribution in [3.63, 3.8) is 0 Å². The van der Waals surface area contributed by atoms with Crippen molar-refractivity contribution in [1.82, 2.24) is 5.32 Å². The number of carboxylic acids is 1. The molecule has 7 heteroatoms. The number of nitrogens with one attached hydrogen (secondary N) is 1. The average molecular weight is 431 g/mol. The van der Waals surface area contributed by atoms with Crippen LogP contribution in [-0.2, 0) is 17.8 Å². The SMILES string of the molecule is CCOc1cc(CC(=O)NCc2cc(Cl)ccc2N2CCCCC2)ccc1C(=O)O. The number of aromatic carboxylic acids is 1. The van der Waals surface area contributed by atoms with Gasteiger partial charge in [-0.2, -0.15) is 0 Å². The van der Waals surface area contributed by atoms with Gasteiger partial charge in [-0.15, -0.1) is 0 Å². The van der Waals surface area contributed by atoms with Crippen LogP contribution in [0, 0.1) is 0 Å². The molecule has 0 spiro atoms. The molecule has 2 aromatic carbocycles. The summed E-state index contributed by atoms with van der Waals surface area (Å²) >= 11 is 6.20. The number of hydrogen-bond donors (Lipinski definition) is 2. The number of hydrogen-bond acceptors (Lipinski definition) is 4. The van der Waals surface area contributed by atoms with E-state index in [4.69, 9.17) is 16.3 Å². The number of carbonyl (C=O) groups is 2. The number of nitrogens with zero attached hydrogens (tertiary/aromatic N) is 1. The molecule has 2 aromatic rings. The van der Waals surface area contributed by atoms with Crippen molar-refractivity contribution in [2.75, 3.05) is 24.6 Å². The highest BCUT2D eigenvalue weighted by atomic mass is 35.5. The van der Waals surface area contributed by atoms with E-state index in [9.17, 15) is 14.7 Å². The summed E-state index contributed by atoms with van der Waals surface area (Å²) in [7, 11) is 0. The topological polar surface area (TPSA) is 78.9 Å². The Morgan fingerprint density at radius 3 is 2.60 bits per heavy atom. The predicted molar refractivity (Wildman–Crippen MR) is 118 cm³/mol. The molecule has 0 atom stereocenters. The van der Waals surface area contributed by atoms with Gasteiger partial charge in [-0.25, -0.2) is 4.79 Å². The third-order valence-corrected chi connectivity index (χ3v) is 5.39. The first kappa shape index (κ1) is 22.0. The van der Waals surface area contributed by atoms with Gasteiger partial charge in [0.25, 0.3) is 0 Å². The largest absolute Gasteiger partial charge is 0.493 e. The smallest absolute Gasteiger partial charge is 0.339 e. The van der Waals surface area contributed by atoms with Crippen LogP contribution in [0.15, 0.2) is 36.4 Å². The fourth-order valence-corrected chi connectivity index (χ4v) is 3.90. The van der Waals surface area contributed by atoms with Crippen LogP contribution in [0.2, 0.25) is 5.02 Å². The van der Waals surface area contributed by atoms with Crippen molar-refractivity contribution in [3.8, 4) is 5.75 Å². The van der Waals surface area contributed by atoms with Gasteiger partial charge in [-0.3, -0.25) is 4.79 Å². The summed E-state index contributed by atoms with van der Waals surface area (Å²) in [5, 5.41) is 12.9. The molecule has 1 saturated heterocycles. The second-order valence-corrected chi connectivity index (χ2v) is 7.78. The monoisotopic (exact) mass is 430 g/mol. The Balaban J connectivity index is 1.67. The third-order valence-electron chi connectivity index (χ3n) is 5.16. The number of benzene rings is 2. The molecule has 1 amide bonds. The Hall–Kier alpha value is -2.73. The molecule has 0 unspecified atom stereocenters. The Morgan fingerprint density at radius 1 is 1.13 bits per heavy atom. The lowest BCUT2D eigenvalue weighted by Crippen LogP contribution is -2.31. The van der Waals surface area contributed by atoms with E-state index < -0.39 is 5.97 Å². The summed E-state index contributed by atoms with van der Waals surface area (Å²) in [4.78, 5) is 26.2. The number of piperidine rings is 1. The van der Waals surface area contributed by atoms with Crippen molar-refractivity contribution in [1.29, 1.82) is 0 Å². The lowest BCUT2D eigenvalue weighted by Gasteiger charge is -2.30. The van der Waals surface area contributed by atoms with E-state index in [1.807, 2.05) is 18.2 Å². The number of anilines is 1. The number of halogens is 1. The third kappa shape index (κ3) is 5.66. The molecule has 1 heterocycles. The van der Waals surface area contributed by atoms with Crippen molar-refractivity contribution in [2.45, 2.75) is 39.2 Å². The summed E-state index contributed by atoms with van der Waals surface area (Å²) in [6.07, 6.45) is 3.73. The summed E-state index contributed by atoms with van der Waals surface area (Å²) in [6, 6.07) is 10.5. The van der Waals surface area contributed by atoms with Crippen LogP contribution < -0.4 is 15.0 Å². The molecular formula is C23H27ClN2O4. The highest BCUT2D eigenvalue weighted by Crippen LogP contribution is 2.27. The molecule has 1 aliphatic rings. The Bertz CT molecular complexity index is 910. The summed E-state index contributed by atoms with van der Waals surface area (Å²) in [5.74, 6) is -0.928. The molecule has 0 aromatic heterocycles. The van der Waals surface area contributed by atoms with E-state index in [-0.39, 0.29) is 23.6 Å². The van der Waals surface area contributed by atoms with E-state index in [2.05, 4.69) is 10.2 Å². The normalized spacial score (nSPS) is 13.7. The first-order valence-corrected chi connectivity index (χ1v) is 10.6. The first-order chi connectivity index (χ1) is 14.5. The molecule has 0 aliphatic carbocycles. The van der Waals surface area contributed by atoms with Crippen molar-refractivity contribution >= 4 is 29.2 Å². The number of amides is 1. The van der Waals surface area contributed by atoms with Gasteiger partial charge in [0.1, 0.15) is 11.3 Å². The van der Waals surface area contributed by atoms with E-state index in [1.54, 1.807) is 19.1 Å². The lowest BCUT2D eigenvalue weighted by molar-refractivity contribution is -0.120. The zero-order valence-electron chi connectivity index (χ0n) is 17.1. The Labute approximate surface area is 181 Å². The van der Waals surface area contributed by atoms with Gasteiger partial charge in [0, 0.05) is 30.3 Å². The van der Waals surface area contributed by atoms with Gasteiger partial charge in [0.05, 0.1) is 13.0 Å². The number of rotatable bonds is 8. The number of carbonyl (C=O) groups excluding carboxylic acids is 1. The second kappa shape index (κ2) is 10.3. The molecule has 3 rings (SSSR count). The van der Waals surface area contributed by atoms with Crippen LogP contribution in [0.4, 0.5) is 5.69 Å². The fourth-order valence-electron chi connectivity index (χ4n) is 3.71. The van der Waals surface area contributed by atoms with E-state index in [0.29, 0.717) is 23.7 Å². The van der Waals surface area contributed by atoms with Gasteiger partial charge >= 0.3 is 5.97 Å². The van der Waals surface area contributed by atoms with Crippen LogP contribution >= 0.6 is 11.6 Å². The van der Waals surface area contributed by atoms with Crippen molar-refractivity contribution in [3.05, 3.63) is 58.1 Å². The maximum atomic E-state index is 12.5. The van der Waals surface area contributed by atoms with Gasteiger partial charge in [-0.1, -0.05) is 17.7 Å². The van der Waals surface area contributed by atoms with Crippen LogP contribution in [0.3, 0.4) is 0 Å². The zero-order chi connectivity index (χ0) is 21.5. The molecule has 30 heavy (non-hydrogen) atoms. The predicted octanol–water partition coefficient (Wildman–Crippen LogP) is 4.29. The average Bonchev–Trinajstić information content (AvgIpc) is 2.73. The highest BCUT2D eigenvalue weighted by molar-refractivity contribution is 6.30. The minimum atomic E-state index is -1.05. The molecule has 0 radical (unpaired) electrons. The van der Waals surface area contributed by atoms with Crippen LogP contribution in [0.25, 0.3) is 0 Å². The molecule has 6 nitrogen and oxygen atoms in total. The van der Waals surface area contributed by atoms with Crippen LogP contribution in [0.5, 0.6) is 5.75 Å². The minimum Gasteiger partial charge on any atom is -0.493 e. The van der Waals surface area contributed by atoms with Gasteiger partial charge < -0.3 is 20.1 Å². The molecule has 1 fully saturated rings. The van der Waals surface area contributed by atoms with Crippen LogP contribution in [-0.4, -0.2) is 36.7 Å². The maximum absolute atomic E-state index is 12.5. The van der Waals surface area contributed by atoms with Gasteiger partial charge in [0.15, 0.2) is 0 Å². The van der Waals surface area contributed by atoms with E-state index in [1.165, 1.54) is 25.3 Å². The lowest BCUT2D eigenvalue weighted by atomic mass is 10.1. The van der Waals surface area contributed by atoms with Crippen molar-refractivity contribution in [2.24, 2.45) is 0 Å². The zero-order valence-corrected chi connectivity index (χ0v) is 17.9. The molecule has 160 valence electrons. The maximum Gasteiger partial charge on any atom is 0.339 e. The quantitative estimate of drug-likeness (QED) is 0.653. The van der Waals surface area contributed by atoms with Gasteiger partial charge in [0.2, 0.25) is 5.91 Å². The van der Waals surface area contributed by atoms with Gasteiger partial charge in [-0.05, 0) is 67.6 Å². The highest BCUT2D eigenvalue weighted by Gasteiger charge is 2.16. The Morgan fingerprint density at radius 2 is 1.90 bits per heavy atom. The first-order valence-electron chi connectivity index (χ1n) is 10.3. The van der Waals surface area contributed by atoms with E-state index >= 15 is 0 Å². The van der Waals surface area contributed by atoms with Crippen LogP contribution in [0.1, 0.15) is 47.7 Å². The minimum absolute atomic E-state index is 0.0890. The molecule has 1 aliphatic heterocycles. The standard InChI is InChI=1S/C23H27ClN2O4/c1-2-30-21-12-16(6-8-19(21)23(28)29)13-22(27)25-15-17-14-18(24)7-9-20(17)26-10-4-3-5-11-26/h6-9,12,14H,2-5,10-11,13,15H2,1H3,(H,25,27)(H,28,29). The molecule has 0 bridgehead atoms. The molecule has 2 N–H and O–H groups in total. The molecule has 0 saturated carbocycles. The summed E-state index contributed by atoms with van der Waals surface area (Å²) < 4.78 is 5.41. The number of ether oxygens (including phenoxy) is 1.